The van der Waals surface area contributed by atoms with Crippen LogP contribution in [0.5, 0.6) is 0 Å². The highest BCUT2D eigenvalue weighted by Crippen LogP contribution is 2.68. The average molecular weight is 447 g/mol. The van der Waals surface area contributed by atoms with Crippen LogP contribution in [-0.2, 0) is 5.41 Å². The Morgan fingerprint density at radius 3 is 2.26 bits per heavy atom. The number of thiocarbonyl (C=S) groups is 1. The molecule has 5 aliphatic rings. The lowest BCUT2D eigenvalue weighted by Gasteiger charge is -2.65. The van der Waals surface area contributed by atoms with Gasteiger partial charge in [-0.15, -0.1) is 0 Å². The van der Waals surface area contributed by atoms with E-state index in [1.807, 2.05) is 0 Å². The van der Waals surface area contributed by atoms with E-state index in [9.17, 15) is 8.78 Å². The van der Waals surface area contributed by atoms with Crippen LogP contribution in [0.25, 0.3) is 0 Å². The first-order valence-corrected chi connectivity index (χ1v) is 12.7. The molecule has 2 atom stereocenters. The number of nitrogens with one attached hydrogen (secondary N) is 1. The van der Waals surface area contributed by atoms with Crippen LogP contribution >= 0.6 is 12.2 Å². The summed E-state index contributed by atoms with van der Waals surface area (Å²) in [4.78, 5) is 1.04. The van der Waals surface area contributed by atoms with Crippen molar-refractivity contribution >= 4 is 17.2 Å². The molecule has 0 aromatic heterocycles. The summed E-state index contributed by atoms with van der Waals surface area (Å²) in [6, 6.07) is 11.3. The summed E-state index contributed by atoms with van der Waals surface area (Å²) >= 11 is 6.13. The molecule has 5 aliphatic carbocycles. The fraction of sp³-hybridized carbons (Fsp3) is 0.731. The monoisotopic (exact) mass is 446 g/mol. The van der Waals surface area contributed by atoms with Crippen LogP contribution < -0.4 is 11.1 Å². The molecule has 5 fully saturated rings. The molecule has 0 amide bonds. The van der Waals surface area contributed by atoms with Gasteiger partial charge in [0.15, 0.2) is 0 Å². The van der Waals surface area contributed by atoms with Crippen molar-refractivity contribution in [2.45, 2.75) is 82.1 Å². The molecule has 2 unspecified atom stereocenters. The highest BCUT2D eigenvalue weighted by Gasteiger charge is 2.63. The van der Waals surface area contributed by atoms with Crippen molar-refractivity contribution in [3.8, 4) is 0 Å². The van der Waals surface area contributed by atoms with Gasteiger partial charge in [-0.2, -0.15) is 0 Å². The van der Waals surface area contributed by atoms with Gasteiger partial charge >= 0.3 is 0 Å². The van der Waals surface area contributed by atoms with Gasteiger partial charge in [0.2, 0.25) is 6.43 Å². The van der Waals surface area contributed by atoms with Gasteiger partial charge in [0.25, 0.3) is 0 Å². The molecule has 6 rings (SSSR count). The molecule has 31 heavy (non-hydrogen) atoms. The van der Waals surface area contributed by atoms with Crippen LogP contribution in [0, 0.1) is 29.1 Å². The number of hydrogen-bond donors (Lipinski definition) is 2. The summed E-state index contributed by atoms with van der Waals surface area (Å²) in [5.41, 5.74) is 7.36. The quantitative estimate of drug-likeness (QED) is 0.539. The van der Waals surface area contributed by atoms with Crippen LogP contribution in [-0.4, -0.2) is 24.0 Å². The average Bonchev–Trinajstić information content (AvgIpc) is 2.77. The van der Waals surface area contributed by atoms with Crippen molar-refractivity contribution in [1.29, 1.82) is 0 Å². The molecule has 1 aromatic rings. The van der Waals surface area contributed by atoms with Crippen LogP contribution in [0.4, 0.5) is 8.78 Å². The minimum Gasteiger partial charge on any atom is -0.376 e. The second-order valence-electron chi connectivity index (χ2n) is 11.2. The summed E-state index contributed by atoms with van der Waals surface area (Å²) in [6.45, 7) is 0.787. The maximum Gasteiger partial charge on any atom is 0.238 e. The highest BCUT2D eigenvalue weighted by molar-refractivity contribution is 7.80. The Morgan fingerprint density at radius 1 is 1.03 bits per heavy atom. The van der Waals surface area contributed by atoms with Gasteiger partial charge in [-0.3, -0.25) is 0 Å². The molecule has 170 valence electrons. The minimum absolute atomic E-state index is 0.0135. The van der Waals surface area contributed by atoms with Crippen molar-refractivity contribution < 1.29 is 8.78 Å². The lowest BCUT2D eigenvalue weighted by molar-refractivity contribution is -0.0970. The molecule has 0 spiro atoms. The first-order valence-electron chi connectivity index (χ1n) is 12.3. The van der Waals surface area contributed by atoms with Crippen LogP contribution in [0.3, 0.4) is 0 Å². The topological polar surface area (TPSA) is 38.0 Å². The number of halogens is 2. The van der Waals surface area contributed by atoms with Crippen LogP contribution in [0.1, 0.15) is 69.8 Å². The van der Waals surface area contributed by atoms with E-state index in [2.05, 4.69) is 35.6 Å². The number of nitrogens with two attached hydrogens (primary N) is 1. The van der Waals surface area contributed by atoms with E-state index in [0.29, 0.717) is 23.8 Å². The van der Waals surface area contributed by atoms with E-state index < -0.39 is 6.43 Å². The number of rotatable bonds is 6. The van der Waals surface area contributed by atoms with Gasteiger partial charge in [-0.05, 0) is 99.0 Å². The molecule has 5 heteroatoms. The number of benzene rings is 1. The van der Waals surface area contributed by atoms with Crippen molar-refractivity contribution in [1.82, 2.24) is 5.32 Å². The lowest BCUT2D eigenvalue weighted by atomic mass is 9.40. The molecule has 0 heterocycles. The van der Waals surface area contributed by atoms with Gasteiger partial charge in [0.05, 0.1) is 4.99 Å². The molecule has 0 aliphatic heterocycles. The fourth-order valence-corrected chi connectivity index (χ4v) is 8.52. The first kappa shape index (κ1) is 21.8. The van der Waals surface area contributed by atoms with Crippen molar-refractivity contribution in [2.75, 3.05) is 6.54 Å². The van der Waals surface area contributed by atoms with E-state index in [4.69, 9.17) is 18.0 Å². The third-order valence-corrected chi connectivity index (χ3v) is 9.88. The van der Waals surface area contributed by atoms with E-state index in [1.54, 1.807) is 0 Å². The Labute approximate surface area is 190 Å². The minimum atomic E-state index is -2.20. The second-order valence-corrected chi connectivity index (χ2v) is 11.6. The third kappa shape index (κ3) is 3.94. The zero-order valence-electron chi connectivity index (χ0n) is 18.4. The molecule has 2 nitrogen and oxygen atoms in total. The van der Waals surface area contributed by atoms with Crippen LogP contribution in [0.15, 0.2) is 30.3 Å². The number of hydrogen-bond acceptors (Lipinski definition) is 2. The molecule has 4 bridgehead atoms. The maximum absolute atomic E-state index is 13.4. The standard InChI is InChI=1S/C26H36F2N2S/c27-23(28)10-22-18-11-25(20-4-2-1-3-5-20)12-19(22)14-26(13-18,16-25)24(31)30-21-8-6-17(15-29)7-9-21/h1-5,17-19,21-23H,6-16,29H2,(H,30,31). The van der Waals surface area contributed by atoms with Gasteiger partial charge in [-0.1, -0.05) is 42.5 Å². The fourth-order valence-electron chi connectivity index (χ4n) is 8.11. The van der Waals surface area contributed by atoms with Crippen molar-refractivity contribution in [3.63, 3.8) is 0 Å². The van der Waals surface area contributed by atoms with Gasteiger partial charge in [-0.25, -0.2) is 8.78 Å². The zero-order valence-corrected chi connectivity index (χ0v) is 19.2. The predicted molar refractivity (Wildman–Crippen MR) is 125 cm³/mol. The molecular weight excluding hydrogens is 410 g/mol. The SMILES string of the molecule is NCC1CCC(NC(=S)C23CC4CC(c5ccccc5)(CC(C2)C4CC(F)F)C3)CC1. The highest BCUT2D eigenvalue weighted by atomic mass is 32.1. The summed E-state index contributed by atoms with van der Waals surface area (Å²) < 4.78 is 26.9. The molecule has 0 radical (unpaired) electrons. The number of alkyl halides is 2. The second kappa shape index (κ2) is 8.37. The van der Waals surface area contributed by atoms with Gasteiger partial charge in [0.1, 0.15) is 0 Å². The third-order valence-electron chi connectivity index (χ3n) is 9.33. The Hall–Kier alpha value is -1.07. The van der Waals surface area contributed by atoms with E-state index >= 15 is 0 Å². The Bertz CT molecular complexity index is 774. The first-order chi connectivity index (χ1) is 14.9. The molecule has 0 saturated heterocycles. The van der Waals surface area contributed by atoms with Gasteiger partial charge < -0.3 is 11.1 Å². The Morgan fingerprint density at radius 2 is 1.68 bits per heavy atom. The Kier molecular flexibility index (Phi) is 5.87. The summed E-state index contributed by atoms with van der Waals surface area (Å²) in [7, 11) is 0. The molecule has 5 saturated carbocycles. The zero-order chi connectivity index (χ0) is 21.6. The Balaban J connectivity index is 1.39. The largest absolute Gasteiger partial charge is 0.376 e. The normalized spacial score (nSPS) is 41.5. The summed E-state index contributed by atoms with van der Waals surface area (Å²) in [5, 5.41) is 3.79. The summed E-state index contributed by atoms with van der Waals surface area (Å²) in [6.07, 6.45) is 7.70. The lowest BCUT2D eigenvalue weighted by Crippen LogP contribution is -2.62. The van der Waals surface area contributed by atoms with E-state index in [1.165, 1.54) is 18.4 Å². The molecule has 3 N–H and O–H groups in total. The van der Waals surface area contributed by atoms with Gasteiger partial charge in [0, 0.05) is 17.9 Å². The molecule has 1 aromatic carbocycles. The maximum atomic E-state index is 13.4. The van der Waals surface area contributed by atoms with E-state index in [0.717, 1.165) is 56.5 Å². The smallest absolute Gasteiger partial charge is 0.238 e. The summed E-state index contributed by atoms with van der Waals surface area (Å²) in [5.74, 6) is 1.54. The molecular formula is C26H36F2N2S. The van der Waals surface area contributed by atoms with Crippen LogP contribution in [0.2, 0.25) is 0 Å². The van der Waals surface area contributed by atoms with E-state index in [-0.39, 0.29) is 23.2 Å². The van der Waals surface area contributed by atoms with Crippen molar-refractivity contribution in [2.24, 2.45) is 34.8 Å². The predicted octanol–water partition coefficient (Wildman–Crippen LogP) is 5.84. The van der Waals surface area contributed by atoms with Crippen molar-refractivity contribution in [3.05, 3.63) is 35.9 Å².